The minimum Gasteiger partial charge on any atom is -0.0683 e. The molecule has 0 saturated heterocycles. The van der Waals surface area contributed by atoms with Crippen molar-refractivity contribution in [2.75, 3.05) is 0 Å². The lowest BCUT2D eigenvalue weighted by Crippen LogP contribution is -1.98. The highest BCUT2D eigenvalue weighted by Crippen LogP contribution is 2.32. The Morgan fingerprint density at radius 3 is 2.47 bits per heavy atom. The lowest BCUT2D eigenvalue weighted by atomic mass is 9.92. The minimum absolute atomic E-state index is 0.758. The van der Waals surface area contributed by atoms with Crippen molar-refractivity contribution >= 4 is 0 Å². The molecular weight excluding hydrogens is 180 g/mol. The zero-order valence-corrected chi connectivity index (χ0v) is 10.6. The zero-order valence-electron chi connectivity index (χ0n) is 10.6. The van der Waals surface area contributed by atoms with Crippen LogP contribution in [0.1, 0.15) is 57.6 Å². The van der Waals surface area contributed by atoms with Crippen LogP contribution in [-0.4, -0.2) is 0 Å². The van der Waals surface area contributed by atoms with E-state index in [0.29, 0.717) is 0 Å². The molecule has 2 rings (SSSR count). The first-order chi connectivity index (χ1) is 7.27. The molecule has 15 heavy (non-hydrogen) atoms. The largest absolute Gasteiger partial charge is 0.0683 e. The fourth-order valence-corrected chi connectivity index (χ4v) is 2.49. The van der Waals surface area contributed by atoms with E-state index in [0.717, 1.165) is 11.8 Å². The van der Waals surface area contributed by atoms with Gasteiger partial charge in [-0.3, -0.25) is 0 Å². The Bertz CT molecular complexity index is 288. The summed E-state index contributed by atoms with van der Waals surface area (Å²) in [6, 6.07) is 8.94. The Morgan fingerprint density at radius 1 is 1.07 bits per heavy atom. The van der Waals surface area contributed by atoms with Gasteiger partial charge in [-0.2, -0.15) is 0 Å². The summed E-state index contributed by atoms with van der Waals surface area (Å²) in [5, 5.41) is 0. The molecule has 0 spiro atoms. The molecule has 2 atom stereocenters. The maximum absolute atomic E-state index is 2.38. The third-order valence-corrected chi connectivity index (χ3v) is 3.25. The smallest absolute Gasteiger partial charge is 0.0185 e. The van der Waals surface area contributed by atoms with Crippen LogP contribution in [-0.2, 0) is 6.42 Å². The molecule has 0 amide bonds. The lowest BCUT2D eigenvalue weighted by molar-refractivity contribution is 0.473. The second-order valence-electron chi connectivity index (χ2n) is 4.48. The minimum atomic E-state index is 0.758. The molecule has 0 nitrogen and oxygen atoms in total. The van der Waals surface area contributed by atoms with Crippen LogP contribution in [0.15, 0.2) is 24.3 Å². The fraction of sp³-hybridized carbons (Fsp3) is 0.600. The van der Waals surface area contributed by atoms with Gasteiger partial charge in [0.05, 0.1) is 0 Å². The van der Waals surface area contributed by atoms with Crippen LogP contribution in [0.2, 0.25) is 0 Å². The molecule has 1 aromatic carbocycles. The number of hydrogen-bond donors (Lipinski definition) is 0. The van der Waals surface area contributed by atoms with Crippen molar-refractivity contribution in [1.82, 2.24) is 0 Å². The highest BCUT2D eigenvalue weighted by molar-refractivity contribution is 5.31. The standard InChI is InChI=1S/C13H18.C2H6/c1-10-7-8-12-5-3-4-6-13(12)11(2)9-10;1-2/h3-6,10-11H,7-9H2,1-2H3;1-2H3/t10?,11-;/m0./s1. The molecule has 1 aliphatic carbocycles. The number of rotatable bonds is 0. The van der Waals surface area contributed by atoms with Gasteiger partial charge in [-0.1, -0.05) is 52.0 Å². The predicted octanol–water partition coefficient (Wildman–Crippen LogP) is 4.79. The molecule has 1 aliphatic rings. The van der Waals surface area contributed by atoms with Gasteiger partial charge in [-0.25, -0.2) is 0 Å². The summed E-state index contributed by atoms with van der Waals surface area (Å²) in [6.07, 6.45) is 4.00. The van der Waals surface area contributed by atoms with E-state index in [4.69, 9.17) is 0 Å². The van der Waals surface area contributed by atoms with Gasteiger partial charge in [0.1, 0.15) is 0 Å². The van der Waals surface area contributed by atoms with Gasteiger partial charge in [0.25, 0.3) is 0 Å². The average Bonchev–Trinajstić information content (AvgIpc) is 2.42. The summed E-state index contributed by atoms with van der Waals surface area (Å²) in [4.78, 5) is 0. The van der Waals surface area contributed by atoms with Crippen molar-refractivity contribution in [2.45, 2.75) is 52.9 Å². The van der Waals surface area contributed by atoms with E-state index < -0.39 is 0 Å². The molecule has 0 saturated carbocycles. The van der Waals surface area contributed by atoms with Crippen LogP contribution in [0, 0.1) is 5.92 Å². The van der Waals surface area contributed by atoms with Crippen LogP contribution in [0.5, 0.6) is 0 Å². The maximum Gasteiger partial charge on any atom is -0.0185 e. The first-order valence-corrected chi connectivity index (χ1v) is 6.35. The summed E-state index contributed by atoms with van der Waals surface area (Å²) in [5.41, 5.74) is 3.17. The van der Waals surface area contributed by atoms with Crippen molar-refractivity contribution in [3.63, 3.8) is 0 Å². The number of benzene rings is 1. The third-order valence-electron chi connectivity index (χ3n) is 3.25. The van der Waals surface area contributed by atoms with Crippen molar-refractivity contribution in [3.05, 3.63) is 35.4 Å². The average molecular weight is 204 g/mol. The quantitative estimate of drug-likeness (QED) is 0.533. The van der Waals surface area contributed by atoms with Crippen LogP contribution >= 0.6 is 0 Å². The second kappa shape index (κ2) is 5.95. The summed E-state index contributed by atoms with van der Waals surface area (Å²) in [7, 11) is 0. The Kier molecular flexibility index (Phi) is 4.87. The zero-order chi connectivity index (χ0) is 11.3. The molecule has 0 radical (unpaired) electrons. The fourth-order valence-electron chi connectivity index (χ4n) is 2.49. The first kappa shape index (κ1) is 12.3. The molecular formula is C15H24. The van der Waals surface area contributed by atoms with Crippen LogP contribution in [0.4, 0.5) is 0 Å². The van der Waals surface area contributed by atoms with Crippen LogP contribution in [0.3, 0.4) is 0 Å². The van der Waals surface area contributed by atoms with Gasteiger partial charge in [-0.05, 0) is 42.2 Å². The molecule has 0 aromatic heterocycles. The van der Waals surface area contributed by atoms with E-state index >= 15 is 0 Å². The van der Waals surface area contributed by atoms with Gasteiger partial charge >= 0.3 is 0 Å². The Labute approximate surface area is 94.7 Å². The van der Waals surface area contributed by atoms with Crippen molar-refractivity contribution in [3.8, 4) is 0 Å². The van der Waals surface area contributed by atoms with Gasteiger partial charge in [0.15, 0.2) is 0 Å². The topological polar surface area (TPSA) is 0 Å². The van der Waals surface area contributed by atoms with E-state index in [-0.39, 0.29) is 0 Å². The SMILES string of the molecule is CC.CC1CCc2ccccc2[C@@H](C)C1. The summed E-state index contributed by atoms with van der Waals surface area (Å²) >= 11 is 0. The van der Waals surface area contributed by atoms with Gasteiger partial charge < -0.3 is 0 Å². The lowest BCUT2D eigenvalue weighted by Gasteiger charge is -2.13. The second-order valence-corrected chi connectivity index (χ2v) is 4.48. The normalized spacial score (nSPS) is 24.5. The van der Waals surface area contributed by atoms with E-state index in [1.165, 1.54) is 19.3 Å². The van der Waals surface area contributed by atoms with E-state index in [1.54, 1.807) is 11.1 Å². The summed E-state index contributed by atoms with van der Waals surface area (Å²) in [5.74, 6) is 1.65. The summed E-state index contributed by atoms with van der Waals surface area (Å²) in [6.45, 7) is 8.74. The number of fused-ring (bicyclic) bond motifs is 1. The van der Waals surface area contributed by atoms with Crippen molar-refractivity contribution < 1.29 is 0 Å². The molecule has 0 bridgehead atoms. The highest BCUT2D eigenvalue weighted by atomic mass is 14.2. The molecule has 0 fully saturated rings. The molecule has 0 heteroatoms. The number of aryl methyl sites for hydroxylation is 1. The van der Waals surface area contributed by atoms with Gasteiger partial charge in [0.2, 0.25) is 0 Å². The number of hydrogen-bond acceptors (Lipinski definition) is 0. The van der Waals surface area contributed by atoms with E-state index in [1.807, 2.05) is 13.8 Å². The Morgan fingerprint density at radius 2 is 1.73 bits per heavy atom. The van der Waals surface area contributed by atoms with E-state index in [9.17, 15) is 0 Å². The monoisotopic (exact) mass is 204 g/mol. The Hall–Kier alpha value is -0.780. The molecule has 0 N–H and O–H groups in total. The molecule has 0 heterocycles. The highest BCUT2D eigenvalue weighted by Gasteiger charge is 2.17. The molecule has 1 unspecified atom stereocenters. The van der Waals surface area contributed by atoms with Gasteiger partial charge in [-0.15, -0.1) is 0 Å². The molecule has 0 aliphatic heterocycles. The van der Waals surface area contributed by atoms with Crippen LogP contribution < -0.4 is 0 Å². The van der Waals surface area contributed by atoms with Crippen molar-refractivity contribution in [2.24, 2.45) is 5.92 Å². The van der Waals surface area contributed by atoms with Gasteiger partial charge in [0, 0.05) is 0 Å². The molecule has 1 aromatic rings. The van der Waals surface area contributed by atoms with Crippen LogP contribution in [0.25, 0.3) is 0 Å². The molecule has 84 valence electrons. The maximum atomic E-state index is 2.38. The first-order valence-electron chi connectivity index (χ1n) is 6.35. The van der Waals surface area contributed by atoms with Crippen molar-refractivity contribution in [1.29, 1.82) is 0 Å². The third kappa shape index (κ3) is 3.09. The summed E-state index contributed by atoms with van der Waals surface area (Å²) < 4.78 is 0. The Balaban J connectivity index is 0.000000531. The van der Waals surface area contributed by atoms with E-state index in [2.05, 4.69) is 38.1 Å². The predicted molar refractivity (Wildman–Crippen MR) is 68.3 cm³/mol.